The maximum absolute atomic E-state index is 9.74. The van der Waals surface area contributed by atoms with Crippen LogP contribution in [0.25, 0.3) is 17.3 Å². The van der Waals surface area contributed by atoms with Crippen LogP contribution in [-0.4, -0.2) is 10.3 Å². The van der Waals surface area contributed by atoms with E-state index in [2.05, 4.69) is 16.5 Å². The van der Waals surface area contributed by atoms with Crippen molar-refractivity contribution >= 4 is 23.4 Å². The number of nitrogens with zero attached hydrogens (tertiary/aromatic N) is 2. The number of nitriles is 1. The second-order valence-corrected chi connectivity index (χ2v) is 5.32. The predicted molar refractivity (Wildman–Crippen MR) is 92.4 cm³/mol. The van der Waals surface area contributed by atoms with Crippen molar-refractivity contribution in [3.05, 3.63) is 71.1 Å². The molecule has 3 aromatic rings. The van der Waals surface area contributed by atoms with Gasteiger partial charge in [-0.3, -0.25) is 0 Å². The third-order valence-electron chi connectivity index (χ3n) is 3.31. The van der Waals surface area contributed by atoms with Crippen molar-refractivity contribution < 1.29 is 9.63 Å². The van der Waals surface area contributed by atoms with Crippen LogP contribution in [0.2, 0.25) is 5.02 Å². The molecule has 0 unspecified atom stereocenters. The highest BCUT2D eigenvalue weighted by Crippen LogP contribution is 2.28. The molecule has 0 radical (unpaired) electrons. The number of anilines is 1. The third kappa shape index (κ3) is 3.24. The molecular weight excluding hydrogens is 326 g/mol. The van der Waals surface area contributed by atoms with Crippen molar-refractivity contribution in [2.45, 2.75) is 0 Å². The molecule has 0 amide bonds. The number of phenols is 1. The summed E-state index contributed by atoms with van der Waals surface area (Å²) in [5, 5.41) is 26.5. The number of nitrogens with one attached hydrogen (secondary N) is 1. The molecule has 0 saturated carbocycles. The predicted octanol–water partition coefficient (Wildman–Crippen LogP) is 4.66. The zero-order valence-corrected chi connectivity index (χ0v) is 13.2. The van der Waals surface area contributed by atoms with Crippen LogP contribution in [0.4, 0.5) is 5.69 Å². The first kappa shape index (κ1) is 15.7. The van der Waals surface area contributed by atoms with Crippen LogP contribution in [0.1, 0.15) is 11.3 Å². The van der Waals surface area contributed by atoms with E-state index in [1.807, 2.05) is 30.3 Å². The molecule has 0 saturated heterocycles. The van der Waals surface area contributed by atoms with Crippen LogP contribution >= 0.6 is 11.6 Å². The molecule has 0 atom stereocenters. The van der Waals surface area contributed by atoms with Gasteiger partial charge in [-0.2, -0.15) is 5.26 Å². The zero-order valence-electron chi connectivity index (χ0n) is 12.4. The summed E-state index contributed by atoms with van der Waals surface area (Å²) < 4.78 is 5.25. The lowest BCUT2D eigenvalue weighted by molar-refractivity contribution is 0.415. The maximum atomic E-state index is 9.74. The van der Waals surface area contributed by atoms with Gasteiger partial charge in [0.25, 0.3) is 0 Å². The quantitative estimate of drug-likeness (QED) is 0.677. The number of benzene rings is 2. The van der Waals surface area contributed by atoms with Crippen LogP contribution < -0.4 is 5.32 Å². The summed E-state index contributed by atoms with van der Waals surface area (Å²) in [6.45, 7) is 0. The van der Waals surface area contributed by atoms with Gasteiger partial charge in [0, 0.05) is 22.9 Å². The average Bonchev–Trinajstić information content (AvgIpc) is 3.01. The summed E-state index contributed by atoms with van der Waals surface area (Å²) in [6, 6.07) is 16.1. The Balaban J connectivity index is 1.85. The Morgan fingerprint density at radius 1 is 1.21 bits per heavy atom. The largest absolute Gasteiger partial charge is 0.506 e. The van der Waals surface area contributed by atoms with Crippen LogP contribution in [0, 0.1) is 11.3 Å². The van der Waals surface area contributed by atoms with Gasteiger partial charge >= 0.3 is 0 Å². The molecular formula is C18H12ClN3O2. The minimum Gasteiger partial charge on any atom is -0.506 e. The average molecular weight is 338 g/mol. The van der Waals surface area contributed by atoms with E-state index in [1.54, 1.807) is 24.4 Å². The van der Waals surface area contributed by atoms with E-state index >= 15 is 0 Å². The first-order valence-corrected chi connectivity index (χ1v) is 7.43. The molecule has 0 aliphatic carbocycles. The van der Waals surface area contributed by atoms with E-state index in [0.29, 0.717) is 27.7 Å². The van der Waals surface area contributed by atoms with Gasteiger partial charge in [0.1, 0.15) is 23.1 Å². The number of rotatable bonds is 4. The van der Waals surface area contributed by atoms with Crippen molar-refractivity contribution in [3.8, 4) is 23.1 Å². The van der Waals surface area contributed by atoms with Crippen LogP contribution in [0.15, 0.2) is 59.3 Å². The molecule has 2 N–H and O–H groups in total. The number of hydrogen-bond donors (Lipinski definition) is 2. The molecule has 1 heterocycles. The van der Waals surface area contributed by atoms with Crippen LogP contribution in [-0.2, 0) is 0 Å². The second-order valence-electron chi connectivity index (χ2n) is 4.89. The molecule has 0 spiro atoms. The number of halogens is 1. The van der Waals surface area contributed by atoms with Gasteiger partial charge in [-0.05, 0) is 18.2 Å². The van der Waals surface area contributed by atoms with Crippen molar-refractivity contribution in [2.24, 2.45) is 0 Å². The highest BCUT2D eigenvalue weighted by Gasteiger charge is 2.15. The number of aromatic hydroxyl groups is 1. The molecule has 0 bridgehead atoms. The van der Waals surface area contributed by atoms with E-state index in [9.17, 15) is 10.4 Å². The van der Waals surface area contributed by atoms with Gasteiger partial charge < -0.3 is 14.9 Å². The lowest BCUT2D eigenvalue weighted by Crippen LogP contribution is -1.88. The van der Waals surface area contributed by atoms with Gasteiger partial charge in [0.15, 0.2) is 5.76 Å². The molecule has 2 aromatic carbocycles. The first-order chi connectivity index (χ1) is 11.7. The maximum Gasteiger partial charge on any atom is 0.179 e. The molecule has 118 valence electrons. The summed E-state index contributed by atoms with van der Waals surface area (Å²) in [4.78, 5) is 0. The van der Waals surface area contributed by atoms with Crippen molar-refractivity contribution in [2.75, 3.05) is 5.32 Å². The van der Waals surface area contributed by atoms with Crippen molar-refractivity contribution in [1.29, 1.82) is 5.26 Å². The minimum atomic E-state index is 0.0621. The summed E-state index contributed by atoms with van der Waals surface area (Å²) in [5.41, 5.74) is 2.08. The Morgan fingerprint density at radius 3 is 2.75 bits per heavy atom. The fourth-order valence-electron chi connectivity index (χ4n) is 2.15. The van der Waals surface area contributed by atoms with E-state index in [4.69, 9.17) is 16.1 Å². The summed E-state index contributed by atoms with van der Waals surface area (Å²) >= 11 is 5.88. The Kier molecular flexibility index (Phi) is 4.50. The summed E-state index contributed by atoms with van der Waals surface area (Å²) in [7, 11) is 0. The topological polar surface area (TPSA) is 82.1 Å². The first-order valence-electron chi connectivity index (χ1n) is 7.06. The second kappa shape index (κ2) is 6.90. The van der Waals surface area contributed by atoms with Gasteiger partial charge in [0.2, 0.25) is 0 Å². The molecule has 1 aromatic heterocycles. The van der Waals surface area contributed by atoms with E-state index in [-0.39, 0.29) is 5.75 Å². The van der Waals surface area contributed by atoms with Gasteiger partial charge in [0.05, 0.1) is 5.69 Å². The molecule has 3 rings (SSSR count). The van der Waals surface area contributed by atoms with E-state index in [1.165, 1.54) is 6.07 Å². The van der Waals surface area contributed by atoms with Crippen LogP contribution in [0.5, 0.6) is 5.75 Å². The Bertz CT molecular complexity index is 927. The Morgan fingerprint density at radius 2 is 2.00 bits per heavy atom. The van der Waals surface area contributed by atoms with Crippen molar-refractivity contribution in [1.82, 2.24) is 5.16 Å². The molecule has 5 nitrogen and oxygen atoms in total. The normalized spacial score (nSPS) is 10.7. The number of hydrogen-bond acceptors (Lipinski definition) is 5. The molecule has 6 heteroatoms. The smallest absolute Gasteiger partial charge is 0.179 e. The highest BCUT2D eigenvalue weighted by molar-refractivity contribution is 6.30. The van der Waals surface area contributed by atoms with Crippen molar-refractivity contribution in [3.63, 3.8) is 0 Å². The van der Waals surface area contributed by atoms with E-state index in [0.717, 1.165) is 5.56 Å². The monoisotopic (exact) mass is 337 g/mol. The number of aromatic nitrogens is 1. The zero-order chi connectivity index (χ0) is 16.9. The molecule has 24 heavy (non-hydrogen) atoms. The highest BCUT2D eigenvalue weighted by atomic mass is 35.5. The lowest BCUT2D eigenvalue weighted by Gasteiger charge is -2.03. The fourth-order valence-corrected chi connectivity index (χ4v) is 2.32. The summed E-state index contributed by atoms with van der Waals surface area (Å²) in [5.74, 6) is 0.387. The van der Waals surface area contributed by atoms with Gasteiger partial charge in [-0.25, -0.2) is 0 Å². The fraction of sp³-hybridized carbons (Fsp3) is 0. The molecule has 0 fully saturated rings. The molecule has 0 aliphatic heterocycles. The SMILES string of the molecule is N#Cc1c(-c2ccccc2)noc1/C=C/Nc1cc(Cl)ccc1O. The van der Waals surface area contributed by atoms with E-state index < -0.39 is 0 Å². The number of phenolic OH excluding ortho intramolecular Hbond substituents is 1. The summed E-state index contributed by atoms with van der Waals surface area (Å²) in [6.07, 6.45) is 3.11. The Labute approximate surface area is 143 Å². The van der Waals surface area contributed by atoms with Crippen LogP contribution in [0.3, 0.4) is 0 Å². The Hall–Kier alpha value is -3.23. The molecule has 0 aliphatic rings. The lowest BCUT2D eigenvalue weighted by atomic mass is 10.1. The van der Waals surface area contributed by atoms with Gasteiger partial charge in [-0.1, -0.05) is 47.1 Å². The van der Waals surface area contributed by atoms with Gasteiger partial charge in [-0.15, -0.1) is 0 Å². The minimum absolute atomic E-state index is 0.0621. The third-order valence-corrected chi connectivity index (χ3v) is 3.54. The standard InChI is InChI=1S/C18H12ClN3O2/c19-13-6-7-16(23)15(10-13)21-9-8-17-14(11-20)18(22-24-17)12-4-2-1-3-5-12/h1-10,21,23H/b9-8+.